The molecule has 3 heterocycles. The van der Waals surface area contributed by atoms with Crippen molar-refractivity contribution in [3.63, 3.8) is 0 Å². The normalized spacial score (nSPS) is 26.0. The summed E-state index contributed by atoms with van der Waals surface area (Å²) in [6.07, 6.45) is 5.28. The maximum Gasteiger partial charge on any atom is 0.322 e. The number of nitrogens with zero attached hydrogens (tertiary/aromatic N) is 5. The van der Waals surface area contributed by atoms with Crippen LogP contribution in [0.15, 0.2) is 0 Å². The summed E-state index contributed by atoms with van der Waals surface area (Å²) in [6, 6.07) is 0.390. The number of ether oxygens (including phenoxy) is 2. The second-order valence-corrected chi connectivity index (χ2v) is 6.49. The average molecular weight is 321 g/mol. The number of hydrogen-bond acceptors (Lipinski definition) is 7. The van der Waals surface area contributed by atoms with E-state index in [2.05, 4.69) is 33.6 Å². The molecule has 0 aromatic carbocycles. The van der Waals surface area contributed by atoms with E-state index in [1.54, 1.807) is 7.11 Å². The maximum atomic E-state index is 5.80. The van der Waals surface area contributed by atoms with Gasteiger partial charge in [0.1, 0.15) is 0 Å². The van der Waals surface area contributed by atoms with Gasteiger partial charge in [0.15, 0.2) is 0 Å². The SMILES string of the molecule is COc1nc(N2CCCCCC2)nc(N2CC(C)OC(C)C2)n1. The Hall–Kier alpha value is -1.63. The van der Waals surface area contributed by atoms with E-state index in [4.69, 9.17) is 14.5 Å². The topological polar surface area (TPSA) is 63.6 Å². The van der Waals surface area contributed by atoms with E-state index in [9.17, 15) is 0 Å². The fourth-order valence-corrected chi connectivity index (χ4v) is 3.32. The second-order valence-electron chi connectivity index (χ2n) is 6.49. The quantitative estimate of drug-likeness (QED) is 0.842. The van der Waals surface area contributed by atoms with Gasteiger partial charge >= 0.3 is 6.01 Å². The standard InChI is InChI=1S/C16H27N5O2/c1-12-10-21(11-13(2)23-12)15-17-14(18-16(19-15)22-3)20-8-6-4-5-7-9-20/h12-13H,4-11H2,1-3H3. The number of methoxy groups -OCH3 is 1. The van der Waals surface area contributed by atoms with Crippen molar-refractivity contribution in [3.05, 3.63) is 0 Å². The van der Waals surface area contributed by atoms with Gasteiger partial charge < -0.3 is 19.3 Å². The molecule has 0 aliphatic carbocycles. The zero-order chi connectivity index (χ0) is 16.2. The molecule has 7 nitrogen and oxygen atoms in total. The van der Waals surface area contributed by atoms with E-state index in [1.807, 2.05) is 0 Å². The average Bonchev–Trinajstić information content (AvgIpc) is 2.82. The smallest absolute Gasteiger partial charge is 0.322 e. The molecule has 2 saturated heterocycles. The van der Waals surface area contributed by atoms with Crippen LogP contribution in [0.5, 0.6) is 6.01 Å². The van der Waals surface area contributed by atoms with Crippen LogP contribution in [-0.4, -0.2) is 60.4 Å². The van der Waals surface area contributed by atoms with Gasteiger partial charge in [-0.1, -0.05) is 12.8 Å². The number of anilines is 2. The number of rotatable bonds is 3. The molecule has 1 aromatic heterocycles. The van der Waals surface area contributed by atoms with Crippen molar-refractivity contribution in [3.8, 4) is 6.01 Å². The number of hydrogen-bond donors (Lipinski definition) is 0. The molecule has 2 unspecified atom stereocenters. The highest BCUT2D eigenvalue weighted by molar-refractivity contribution is 5.41. The summed E-state index contributed by atoms with van der Waals surface area (Å²) in [5.74, 6) is 1.43. The monoisotopic (exact) mass is 321 g/mol. The van der Waals surface area contributed by atoms with Gasteiger partial charge in [-0.3, -0.25) is 0 Å². The summed E-state index contributed by atoms with van der Waals surface area (Å²) in [5.41, 5.74) is 0. The fourth-order valence-electron chi connectivity index (χ4n) is 3.32. The van der Waals surface area contributed by atoms with Crippen molar-refractivity contribution >= 4 is 11.9 Å². The molecular weight excluding hydrogens is 294 g/mol. The van der Waals surface area contributed by atoms with Crippen molar-refractivity contribution in [1.82, 2.24) is 15.0 Å². The molecule has 0 radical (unpaired) electrons. The Morgan fingerprint density at radius 3 is 2.00 bits per heavy atom. The third-order valence-electron chi connectivity index (χ3n) is 4.37. The molecule has 7 heteroatoms. The molecule has 0 amide bonds. The van der Waals surface area contributed by atoms with Crippen molar-refractivity contribution in [2.75, 3.05) is 43.1 Å². The molecular formula is C16H27N5O2. The predicted molar refractivity (Wildman–Crippen MR) is 89.3 cm³/mol. The highest BCUT2D eigenvalue weighted by Crippen LogP contribution is 2.23. The highest BCUT2D eigenvalue weighted by Gasteiger charge is 2.26. The molecule has 2 atom stereocenters. The molecule has 0 N–H and O–H groups in total. The first kappa shape index (κ1) is 16.2. The summed E-state index contributed by atoms with van der Waals surface area (Å²) >= 11 is 0. The van der Waals surface area contributed by atoms with Crippen LogP contribution in [0.25, 0.3) is 0 Å². The van der Waals surface area contributed by atoms with Crippen LogP contribution in [0.4, 0.5) is 11.9 Å². The summed E-state index contributed by atoms with van der Waals surface area (Å²) in [4.78, 5) is 18.1. The summed E-state index contributed by atoms with van der Waals surface area (Å²) in [7, 11) is 1.61. The molecule has 0 bridgehead atoms. The van der Waals surface area contributed by atoms with Gasteiger partial charge in [-0.05, 0) is 26.7 Å². The third kappa shape index (κ3) is 4.02. The largest absolute Gasteiger partial charge is 0.467 e. The minimum absolute atomic E-state index is 0.170. The zero-order valence-corrected chi connectivity index (χ0v) is 14.4. The van der Waals surface area contributed by atoms with Gasteiger partial charge in [0, 0.05) is 26.2 Å². The summed E-state index contributed by atoms with van der Waals surface area (Å²) in [5, 5.41) is 0. The predicted octanol–water partition coefficient (Wildman–Crippen LogP) is 1.87. The van der Waals surface area contributed by atoms with Gasteiger partial charge in [-0.15, -0.1) is 0 Å². The molecule has 1 aromatic rings. The molecule has 23 heavy (non-hydrogen) atoms. The van der Waals surface area contributed by atoms with Gasteiger partial charge in [0.05, 0.1) is 19.3 Å². The minimum Gasteiger partial charge on any atom is -0.467 e. The molecule has 0 saturated carbocycles. The van der Waals surface area contributed by atoms with Crippen molar-refractivity contribution in [1.29, 1.82) is 0 Å². The molecule has 2 fully saturated rings. The highest BCUT2D eigenvalue weighted by atomic mass is 16.5. The first-order valence-corrected chi connectivity index (χ1v) is 8.61. The lowest BCUT2D eigenvalue weighted by atomic mass is 10.2. The number of aromatic nitrogens is 3. The Bertz CT molecular complexity index is 509. The Labute approximate surface area is 138 Å². The summed E-state index contributed by atoms with van der Waals surface area (Å²) in [6.45, 7) is 7.74. The van der Waals surface area contributed by atoms with Crippen LogP contribution in [0.1, 0.15) is 39.5 Å². The van der Waals surface area contributed by atoms with Crippen LogP contribution in [0.3, 0.4) is 0 Å². The Kier molecular flexibility index (Phi) is 5.15. The van der Waals surface area contributed by atoms with E-state index in [1.165, 1.54) is 25.7 Å². The fraction of sp³-hybridized carbons (Fsp3) is 0.812. The Morgan fingerprint density at radius 2 is 1.43 bits per heavy atom. The molecule has 2 aliphatic heterocycles. The number of morpholine rings is 1. The van der Waals surface area contributed by atoms with E-state index >= 15 is 0 Å². The molecule has 2 aliphatic rings. The lowest BCUT2D eigenvalue weighted by Gasteiger charge is -2.35. The Morgan fingerprint density at radius 1 is 0.870 bits per heavy atom. The van der Waals surface area contributed by atoms with Crippen LogP contribution < -0.4 is 14.5 Å². The van der Waals surface area contributed by atoms with Crippen LogP contribution in [-0.2, 0) is 4.74 Å². The van der Waals surface area contributed by atoms with Crippen molar-refractivity contribution in [2.45, 2.75) is 51.7 Å². The van der Waals surface area contributed by atoms with Crippen LogP contribution in [0.2, 0.25) is 0 Å². The first-order chi connectivity index (χ1) is 11.2. The molecule has 0 spiro atoms. The summed E-state index contributed by atoms with van der Waals surface area (Å²) < 4.78 is 11.1. The lowest BCUT2D eigenvalue weighted by Crippen LogP contribution is -2.46. The lowest BCUT2D eigenvalue weighted by molar-refractivity contribution is -0.00576. The maximum absolute atomic E-state index is 5.80. The van der Waals surface area contributed by atoms with Gasteiger partial charge in [0.25, 0.3) is 0 Å². The second kappa shape index (κ2) is 7.29. The minimum atomic E-state index is 0.170. The zero-order valence-electron chi connectivity index (χ0n) is 14.4. The van der Waals surface area contributed by atoms with Crippen molar-refractivity contribution < 1.29 is 9.47 Å². The molecule has 3 rings (SSSR count). The van der Waals surface area contributed by atoms with E-state index in [0.717, 1.165) is 32.1 Å². The first-order valence-electron chi connectivity index (χ1n) is 8.61. The van der Waals surface area contributed by atoms with Gasteiger partial charge in [-0.2, -0.15) is 15.0 Å². The van der Waals surface area contributed by atoms with Gasteiger partial charge in [0.2, 0.25) is 11.9 Å². The van der Waals surface area contributed by atoms with E-state index in [-0.39, 0.29) is 12.2 Å². The van der Waals surface area contributed by atoms with Crippen LogP contribution in [0, 0.1) is 0 Å². The molecule has 128 valence electrons. The Balaban J connectivity index is 1.86. The van der Waals surface area contributed by atoms with E-state index < -0.39 is 0 Å². The van der Waals surface area contributed by atoms with Gasteiger partial charge in [-0.25, -0.2) is 0 Å². The van der Waals surface area contributed by atoms with Crippen LogP contribution >= 0.6 is 0 Å². The third-order valence-corrected chi connectivity index (χ3v) is 4.37. The van der Waals surface area contributed by atoms with Crippen molar-refractivity contribution in [2.24, 2.45) is 0 Å². The van der Waals surface area contributed by atoms with E-state index in [0.29, 0.717) is 12.0 Å².